The summed E-state index contributed by atoms with van der Waals surface area (Å²) in [7, 11) is 0. The fraction of sp³-hybridized carbons (Fsp3) is 0.417. The van der Waals surface area contributed by atoms with Crippen molar-refractivity contribution in [2.75, 3.05) is 11.5 Å². The van der Waals surface area contributed by atoms with Crippen LogP contribution >= 0.6 is 34.4 Å². The Hall–Kier alpha value is -0.0300. The Morgan fingerprint density at radius 1 is 1.33 bits per heavy atom. The van der Waals surface area contributed by atoms with Crippen LogP contribution in [-0.2, 0) is 0 Å². The maximum Gasteiger partial charge on any atom is 0.172 e. The Balaban J connectivity index is 2.43. The molecule has 0 aliphatic rings. The van der Waals surface area contributed by atoms with Crippen LogP contribution in [0.2, 0.25) is 0 Å². The largest absolute Gasteiger partial charge is 0.293 e. The third-order valence-electron chi connectivity index (χ3n) is 1.85. The zero-order chi connectivity index (χ0) is 11.3. The van der Waals surface area contributed by atoms with Gasteiger partial charge in [-0.3, -0.25) is 4.79 Å². The van der Waals surface area contributed by atoms with E-state index in [2.05, 4.69) is 36.4 Å². The van der Waals surface area contributed by atoms with E-state index in [1.807, 2.05) is 24.3 Å². The van der Waals surface area contributed by atoms with Gasteiger partial charge in [-0.1, -0.05) is 26.0 Å². The van der Waals surface area contributed by atoms with Crippen LogP contribution < -0.4 is 0 Å². The number of rotatable bonds is 5. The average Bonchev–Trinajstić information content (AvgIpc) is 2.18. The van der Waals surface area contributed by atoms with Crippen molar-refractivity contribution in [2.24, 2.45) is 5.92 Å². The van der Waals surface area contributed by atoms with E-state index in [4.69, 9.17) is 0 Å². The molecule has 0 amide bonds. The van der Waals surface area contributed by atoms with Crippen molar-refractivity contribution in [3.8, 4) is 0 Å². The molecular formula is C12H15IOS. The normalized spacial score (nSPS) is 10.7. The maximum absolute atomic E-state index is 11.7. The van der Waals surface area contributed by atoms with Crippen molar-refractivity contribution in [2.45, 2.75) is 13.8 Å². The molecule has 0 unspecified atom stereocenters. The molecule has 1 rings (SSSR count). The van der Waals surface area contributed by atoms with Crippen molar-refractivity contribution < 1.29 is 4.79 Å². The number of Topliss-reactive ketones (excluding diaryl/α,β-unsaturated/α-hetero) is 1. The van der Waals surface area contributed by atoms with Gasteiger partial charge in [0.1, 0.15) is 0 Å². The lowest BCUT2D eigenvalue weighted by atomic mass is 10.2. The summed E-state index contributed by atoms with van der Waals surface area (Å²) in [4.78, 5) is 11.7. The SMILES string of the molecule is CC(C)CSCC(=O)c1ccc(I)cc1. The fourth-order valence-electron chi connectivity index (χ4n) is 1.11. The van der Waals surface area contributed by atoms with Gasteiger partial charge in [-0.25, -0.2) is 0 Å². The molecule has 0 radical (unpaired) electrons. The summed E-state index contributed by atoms with van der Waals surface area (Å²) in [6.07, 6.45) is 0. The Bertz CT molecular complexity index is 319. The van der Waals surface area contributed by atoms with Crippen LogP contribution in [0.3, 0.4) is 0 Å². The Morgan fingerprint density at radius 3 is 2.47 bits per heavy atom. The standard InChI is InChI=1S/C12H15IOS/c1-9(2)7-15-8-12(14)10-3-5-11(13)6-4-10/h3-6,9H,7-8H2,1-2H3. The number of carbonyl (C=O) groups excluding carboxylic acids is 1. The number of thioether (sulfide) groups is 1. The lowest BCUT2D eigenvalue weighted by Crippen LogP contribution is -2.04. The second kappa shape index (κ2) is 6.53. The molecule has 1 nitrogen and oxygen atoms in total. The van der Waals surface area contributed by atoms with Gasteiger partial charge in [0.15, 0.2) is 5.78 Å². The molecule has 3 heteroatoms. The monoisotopic (exact) mass is 334 g/mol. The topological polar surface area (TPSA) is 17.1 Å². The summed E-state index contributed by atoms with van der Waals surface area (Å²) in [5.74, 6) is 2.53. The van der Waals surface area contributed by atoms with Gasteiger partial charge >= 0.3 is 0 Å². The first kappa shape index (κ1) is 13.0. The van der Waals surface area contributed by atoms with Crippen LogP contribution in [-0.4, -0.2) is 17.3 Å². The smallest absolute Gasteiger partial charge is 0.172 e. The van der Waals surface area contributed by atoms with E-state index in [1.165, 1.54) is 3.57 Å². The van der Waals surface area contributed by atoms with Crippen molar-refractivity contribution in [3.63, 3.8) is 0 Å². The predicted molar refractivity (Wildman–Crippen MR) is 75.7 cm³/mol. The molecular weight excluding hydrogens is 319 g/mol. The minimum Gasteiger partial charge on any atom is -0.293 e. The van der Waals surface area contributed by atoms with E-state index >= 15 is 0 Å². The van der Waals surface area contributed by atoms with Crippen LogP contribution in [0, 0.1) is 9.49 Å². The first-order valence-electron chi connectivity index (χ1n) is 4.96. The van der Waals surface area contributed by atoms with Gasteiger partial charge in [0, 0.05) is 9.13 Å². The molecule has 0 aromatic heterocycles. The predicted octanol–water partition coefficient (Wildman–Crippen LogP) is 3.86. The number of ketones is 1. The van der Waals surface area contributed by atoms with Crippen LogP contribution in [0.4, 0.5) is 0 Å². The molecule has 0 heterocycles. The van der Waals surface area contributed by atoms with Crippen molar-refractivity contribution >= 4 is 40.1 Å². The van der Waals surface area contributed by atoms with Gasteiger partial charge in [0.25, 0.3) is 0 Å². The number of carbonyl (C=O) groups is 1. The summed E-state index contributed by atoms with van der Waals surface area (Å²) in [5.41, 5.74) is 0.826. The second-order valence-corrected chi connectivity index (χ2v) is 6.11. The minimum atomic E-state index is 0.233. The minimum absolute atomic E-state index is 0.233. The Kier molecular flexibility index (Phi) is 5.68. The molecule has 0 aliphatic carbocycles. The molecule has 0 saturated heterocycles. The maximum atomic E-state index is 11.7. The van der Waals surface area contributed by atoms with Gasteiger partial charge in [-0.2, -0.15) is 11.8 Å². The second-order valence-electron chi connectivity index (χ2n) is 3.84. The summed E-state index contributed by atoms with van der Waals surface area (Å²) in [6.45, 7) is 4.34. The van der Waals surface area contributed by atoms with Gasteiger partial charge < -0.3 is 0 Å². The average molecular weight is 334 g/mol. The van der Waals surface area contributed by atoms with Gasteiger partial charge in [-0.05, 0) is 46.4 Å². The molecule has 15 heavy (non-hydrogen) atoms. The van der Waals surface area contributed by atoms with Crippen molar-refractivity contribution in [1.82, 2.24) is 0 Å². The molecule has 82 valence electrons. The highest BCUT2D eigenvalue weighted by atomic mass is 127. The Labute approximate surface area is 109 Å². The van der Waals surface area contributed by atoms with Crippen molar-refractivity contribution in [1.29, 1.82) is 0 Å². The number of halogens is 1. The molecule has 0 aliphatic heterocycles. The third-order valence-corrected chi connectivity index (χ3v) is 3.94. The molecule has 0 saturated carbocycles. The van der Waals surface area contributed by atoms with Crippen molar-refractivity contribution in [3.05, 3.63) is 33.4 Å². The van der Waals surface area contributed by atoms with Crippen LogP contribution in [0.1, 0.15) is 24.2 Å². The highest BCUT2D eigenvalue weighted by molar-refractivity contribution is 14.1. The molecule has 0 atom stereocenters. The first-order valence-corrected chi connectivity index (χ1v) is 7.19. The van der Waals surface area contributed by atoms with Crippen LogP contribution in [0.15, 0.2) is 24.3 Å². The molecule has 0 N–H and O–H groups in total. The van der Waals surface area contributed by atoms with E-state index in [0.29, 0.717) is 11.7 Å². The zero-order valence-corrected chi connectivity index (χ0v) is 12.0. The molecule has 0 spiro atoms. The number of hydrogen-bond acceptors (Lipinski definition) is 2. The zero-order valence-electron chi connectivity index (χ0n) is 9.00. The quantitative estimate of drug-likeness (QED) is 0.601. The van der Waals surface area contributed by atoms with E-state index in [-0.39, 0.29) is 5.78 Å². The fourth-order valence-corrected chi connectivity index (χ4v) is 2.41. The van der Waals surface area contributed by atoms with E-state index in [0.717, 1.165) is 11.3 Å². The Morgan fingerprint density at radius 2 is 1.93 bits per heavy atom. The summed E-state index contributed by atoms with van der Waals surface area (Å²) in [6, 6.07) is 7.75. The van der Waals surface area contributed by atoms with Gasteiger partial charge in [0.05, 0.1) is 5.75 Å². The molecule has 1 aromatic rings. The first-order chi connectivity index (χ1) is 7.09. The number of hydrogen-bond donors (Lipinski definition) is 0. The van der Waals surface area contributed by atoms with E-state index in [9.17, 15) is 4.79 Å². The molecule has 1 aromatic carbocycles. The third kappa shape index (κ3) is 5.02. The lowest BCUT2D eigenvalue weighted by molar-refractivity contribution is 0.102. The lowest BCUT2D eigenvalue weighted by Gasteiger charge is -2.04. The summed E-state index contributed by atoms with van der Waals surface area (Å²) < 4.78 is 1.17. The van der Waals surface area contributed by atoms with Crippen LogP contribution in [0.25, 0.3) is 0 Å². The molecule has 0 bridgehead atoms. The van der Waals surface area contributed by atoms with Gasteiger partial charge in [0.2, 0.25) is 0 Å². The number of benzene rings is 1. The summed E-state index contributed by atoms with van der Waals surface area (Å²) in [5, 5.41) is 0. The van der Waals surface area contributed by atoms with E-state index in [1.54, 1.807) is 11.8 Å². The van der Waals surface area contributed by atoms with E-state index < -0.39 is 0 Å². The highest BCUT2D eigenvalue weighted by Gasteiger charge is 2.05. The van der Waals surface area contributed by atoms with Crippen LogP contribution in [0.5, 0.6) is 0 Å². The summed E-state index contributed by atoms with van der Waals surface area (Å²) >= 11 is 3.96. The highest BCUT2D eigenvalue weighted by Crippen LogP contribution is 2.12. The van der Waals surface area contributed by atoms with Gasteiger partial charge in [-0.15, -0.1) is 0 Å². The molecule has 0 fully saturated rings.